The number of amides is 1. The molecule has 4 heteroatoms. The summed E-state index contributed by atoms with van der Waals surface area (Å²) in [7, 11) is 0. The Morgan fingerprint density at radius 2 is 2.19 bits per heavy atom. The summed E-state index contributed by atoms with van der Waals surface area (Å²) in [6.45, 7) is 8.41. The van der Waals surface area contributed by atoms with Crippen molar-refractivity contribution in [2.24, 2.45) is 11.8 Å². The Hall–Kier alpha value is -1.32. The Morgan fingerprint density at radius 1 is 1.56 bits per heavy atom. The molecule has 1 saturated carbocycles. The predicted molar refractivity (Wildman–Crippen MR) is 63.2 cm³/mol. The molecule has 88 valence electrons. The summed E-state index contributed by atoms with van der Waals surface area (Å²) in [4.78, 5) is 11.7. The SMILES string of the molecule is CC1CC1C(=O)Nc1cc(C(C)(C)C)[nH]n1. The summed E-state index contributed by atoms with van der Waals surface area (Å²) >= 11 is 0. The lowest BCUT2D eigenvalue weighted by atomic mass is 9.92. The summed E-state index contributed by atoms with van der Waals surface area (Å²) in [5.41, 5.74) is 1.06. The molecule has 0 radical (unpaired) electrons. The van der Waals surface area contributed by atoms with Gasteiger partial charge in [0.15, 0.2) is 5.82 Å². The Labute approximate surface area is 95.8 Å². The van der Waals surface area contributed by atoms with Gasteiger partial charge >= 0.3 is 0 Å². The maximum atomic E-state index is 11.7. The molecule has 16 heavy (non-hydrogen) atoms. The standard InChI is InChI=1S/C12H19N3O/c1-7-5-8(7)11(16)13-10-6-9(14-15-10)12(2,3)4/h6-8H,5H2,1-4H3,(H2,13,14,15,16). The van der Waals surface area contributed by atoms with Gasteiger partial charge in [-0.1, -0.05) is 27.7 Å². The molecule has 1 aromatic rings. The molecule has 0 aliphatic heterocycles. The fourth-order valence-electron chi connectivity index (χ4n) is 1.68. The number of carbonyl (C=O) groups excluding carboxylic acids is 1. The van der Waals surface area contributed by atoms with Crippen molar-refractivity contribution in [2.45, 2.75) is 39.5 Å². The summed E-state index contributed by atoms with van der Waals surface area (Å²) in [6, 6.07) is 1.91. The number of hydrogen-bond acceptors (Lipinski definition) is 2. The van der Waals surface area contributed by atoms with Crippen molar-refractivity contribution < 1.29 is 4.79 Å². The largest absolute Gasteiger partial charge is 0.309 e. The van der Waals surface area contributed by atoms with Gasteiger partial charge in [0.05, 0.1) is 0 Å². The highest BCUT2D eigenvalue weighted by molar-refractivity contribution is 5.93. The van der Waals surface area contributed by atoms with E-state index in [0.717, 1.165) is 12.1 Å². The van der Waals surface area contributed by atoms with Crippen molar-refractivity contribution in [3.63, 3.8) is 0 Å². The molecule has 2 atom stereocenters. The molecule has 0 bridgehead atoms. The molecule has 1 amide bonds. The van der Waals surface area contributed by atoms with Crippen molar-refractivity contribution in [3.8, 4) is 0 Å². The molecule has 1 aliphatic carbocycles. The zero-order valence-electron chi connectivity index (χ0n) is 10.3. The van der Waals surface area contributed by atoms with E-state index in [4.69, 9.17) is 0 Å². The average molecular weight is 221 g/mol. The van der Waals surface area contributed by atoms with Gasteiger partial charge in [-0.2, -0.15) is 5.10 Å². The van der Waals surface area contributed by atoms with E-state index in [1.807, 2.05) is 6.07 Å². The van der Waals surface area contributed by atoms with Crippen molar-refractivity contribution in [2.75, 3.05) is 5.32 Å². The first kappa shape index (κ1) is 11.2. The molecular formula is C12H19N3O. The lowest BCUT2D eigenvalue weighted by molar-refractivity contribution is -0.117. The third kappa shape index (κ3) is 2.26. The highest BCUT2D eigenvalue weighted by Crippen LogP contribution is 2.38. The zero-order valence-corrected chi connectivity index (χ0v) is 10.3. The molecule has 0 saturated heterocycles. The van der Waals surface area contributed by atoms with Crippen LogP contribution < -0.4 is 5.32 Å². The van der Waals surface area contributed by atoms with Gasteiger partial charge in [-0.25, -0.2) is 0 Å². The van der Waals surface area contributed by atoms with Crippen LogP contribution >= 0.6 is 0 Å². The van der Waals surface area contributed by atoms with E-state index in [-0.39, 0.29) is 17.2 Å². The van der Waals surface area contributed by atoms with Crippen LogP contribution in [0.25, 0.3) is 0 Å². The van der Waals surface area contributed by atoms with Crippen LogP contribution in [0.1, 0.15) is 39.8 Å². The summed E-state index contributed by atoms with van der Waals surface area (Å²) in [5, 5.41) is 9.90. The van der Waals surface area contributed by atoms with Gasteiger partial charge in [0.2, 0.25) is 5.91 Å². The molecule has 1 aliphatic rings. The van der Waals surface area contributed by atoms with Gasteiger partial charge in [0.1, 0.15) is 0 Å². The van der Waals surface area contributed by atoms with Crippen molar-refractivity contribution >= 4 is 11.7 Å². The minimum absolute atomic E-state index is 0.0306. The van der Waals surface area contributed by atoms with Crippen LogP contribution in [0.5, 0.6) is 0 Å². The Balaban J connectivity index is 2.00. The second-order valence-corrected chi connectivity index (χ2v) is 5.73. The smallest absolute Gasteiger partial charge is 0.228 e. The van der Waals surface area contributed by atoms with Crippen LogP contribution in [0.3, 0.4) is 0 Å². The van der Waals surface area contributed by atoms with Gasteiger partial charge < -0.3 is 5.32 Å². The molecule has 4 nitrogen and oxygen atoms in total. The first-order chi connectivity index (χ1) is 7.38. The van der Waals surface area contributed by atoms with Crippen LogP contribution in [0.4, 0.5) is 5.82 Å². The van der Waals surface area contributed by atoms with E-state index in [2.05, 4.69) is 43.2 Å². The molecule has 2 rings (SSSR count). The number of anilines is 1. The predicted octanol–water partition coefficient (Wildman–Crippen LogP) is 2.30. The first-order valence-electron chi connectivity index (χ1n) is 5.74. The van der Waals surface area contributed by atoms with Gasteiger partial charge in [-0.15, -0.1) is 0 Å². The minimum Gasteiger partial charge on any atom is -0.309 e. The molecule has 2 unspecified atom stereocenters. The number of H-pyrrole nitrogens is 1. The van der Waals surface area contributed by atoms with Crippen molar-refractivity contribution in [1.29, 1.82) is 0 Å². The average Bonchev–Trinajstić information content (AvgIpc) is 2.71. The molecule has 2 N–H and O–H groups in total. The van der Waals surface area contributed by atoms with Crippen molar-refractivity contribution in [1.82, 2.24) is 10.2 Å². The summed E-state index contributed by atoms with van der Waals surface area (Å²) < 4.78 is 0. The number of rotatable bonds is 2. The van der Waals surface area contributed by atoms with E-state index in [0.29, 0.717) is 11.7 Å². The maximum Gasteiger partial charge on any atom is 0.228 e. The molecule has 0 aromatic carbocycles. The number of nitrogens with one attached hydrogen (secondary N) is 2. The highest BCUT2D eigenvalue weighted by Gasteiger charge is 2.39. The minimum atomic E-state index is 0.0306. The van der Waals surface area contributed by atoms with E-state index in [1.54, 1.807) is 0 Å². The topological polar surface area (TPSA) is 57.8 Å². The Kier molecular flexibility index (Phi) is 2.52. The fourth-order valence-corrected chi connectivity index (χ4v) is 1.68. The van der Waals surface area contributed by atoms with Gasteiger partial charge in [-0.3, -0.25) is 9.89 Å². The second kappa shape index (κ2) is 3.61. The van der Waals surface area contributed by atoms with Crippen LogP contribution in [0, 0.1) is 11.8 Å². The van der Waals surface area contributed by atoms with Gasteiger partial charge in [0, 0.05) is 23.1 Å². The lowest BCUT2D eigenvalue weighted by Crippen LogP contribution is -2.14. The number of hydrogen-bond donors (Lipinski definition) is 2. The maximum absolute atomic E-state index is 11.7. The summed E-state index contributed by atoms with van der Waals surface area (Å²) in [5.74, 6) is 1.45. The third-order valence-corrected chi connectivity index (χ3v) is 3.08. The molecule has 1 heterocycles. The lowest BCUT2D eigenvalue weighted by Gasteiger charge is -2.14. The molecular weight excluding hydrogens is 202 g/mol. The van der Waals surface area contributed by atoms with E-state index < -0.39 is 0 Å². The summed E-state index contributed by atoms with van der Waals surface area (Å²) in [6.07, 6.45) is 1.00. The van der Waals surface area contributed by atoms with Crippen LogP contribution in [-0.2, 0) is 10.2 Å². The third-order valence-electron chi connectivity index (χ3n) is 3.08. The van der Waals surface area contributed by atoms with Crippen LogP contribution in [0.15, 0.2) is 6.07 Å². The van der Waals surface area contributed by atoms with E-state index >= 15 is 0 Å². The highest BCUT2D eigenvalue weighted by atomic mass is 16.2. The Bertz CT molecular complexity index is 403. The quantitative estimate of drug-likeness (QED) is 0.805. The van der Waals surface area contributed by atoms with Crippen LogP contribution in [0.2, 0.25) is 0 Å². The monoisotopic (exact) mass is 221 g/mol. The number of nitrogens with zero attached hydrogens (tertiary/aromatic N) is 1. The van der Waals surface area contributed by atoms with Gasteiger partial charge in [0.25, 0.3) is 0 Å². The number of carbonyl (C=O) groups is 1. The Morgan fingerprint density at radius 3 is 2.62 bits per heavy atom. The second-order valence-electron chi connectivity index (χ2n) is 5.73. The number of aromatic nitrogens is 2. The van der Waals surface area contributed by atoms with E-state index in [9.17, 15) is 4.79 Å². The number of aromatic amines is 1. The molecule has 1 fully saturated rings. The van der Waals surface area contributed by atoms with Gasteiger partial charge in [-0.05, 0) is 12.3 Å². The zero-order chi connectivity index (χ0) is 11.9. The first-order valence-corrected chi connectivity index (χ1v) is 5.74. The van der Waals surface area contributed by atoms with E-state index in [1.165, 1.54) is 0 Å². The molecule has 1 aromatic heterocycles. The normalized spacial score (nSPS) is 24.2. The van der Waals surface area contributed by atoms with Crippen molar-refractivity contribution in [3.05, 3.63) is 11.8 Å². The molecule has 0 spiro atoms. The van der Waals surface area contributed by atoms with Crippen LogP contribution in [-0.4, -0.2) is 16.1 Å². The fraction of sp³-hybridized carbons (Fsp3) is 0.667.